The smallest absolute Gasteiger partial charge is 0.223 e. The summed E-state index contributed by atoms with van der Waals surface area (Å²) in [6.07, 6.45) is 1.76. The first kappa shape index (κ1) is 15.0. The Labute approximate surface area is 129 Å². The molecule has 0 aliphatic rings. The lowest BCUT2D eigenvalue weighted by Crippen LogP contribution is -2.13. The van der Waals surface area contributed by atoms with Gasteiger partial charge in [-0.05, 0) is 30.0 Å². The predicted octanol–water partition coefficient (Wildman–Crippen LogP) is 5.37. The average molecular weight is 334 g/mol. The topological polar surface area (TPSA) is 22.1 Å². The van der Waals surface area contributed by atoms with E-state index in [1.807, 2.05) is 12.1 Å². The third-order valence-electron chi connectivity index (χ3n) is 3.15. The van der Waals surface area contributed by atoms with Crippen molar-refractivity contribution in [2.24, 2.45) is 0 Å². The molecule has 1 aromatic carbocycles. The normalized spacial score (nSPS) is 11.4. The molecule has 2 rings (SSSR count). The van der Waals surface area contributed by atoms with Gasteiger partial charge in [-0.2, -0.15) is 0 Å². The summed E-state index contributed by atoms with van der Waals surface area (Å²) in [5, 5.41) is 0.729. The van der Waals surface area contributed by atoms with Crippen molar-refractivity contribution in [2.75, 3.05) is 0 Å². The number of hydrogen-bond acceptors (Lipinski definition) is 2. The summed E-state index contributed by atoms with van der Waals surface area (Å²) >= 11 is 3.47. The number of hydrogen-bond donors (Lipinski definition) is 0. The largest absolute Gasteiger partial charge is 0.438 e. The van der Waals surface area contributed by atoms with E-state index >= 15 is 0 Å². The van der Waals surface area contributed by atoms with E-state index in [2.05, 4.69) is 66.8 Å². The van der Waals surface area contributed by atoms with Gasteiger partial charge in [0, 0.05) is 22.7 Å². The quantitative estimate of drug-likeness (QED) is 0.704. The number of aromatic nitrogens is 1. The second-order valence-corrected chi connectivity index (χ2v) is 6.51. The average Bonchev–Trinajstić information content (AvgIpc) is 2.38. The number of ether oxygens (including phenoxy) is 1. The van der Waals surface area contributed by atoms with Crippen LogP contribution in [0.5, 0.6) is 11.6 Å². The molecule has 0 radical (unpaired) electrons. The van der Waals surface area contributed by atoms with Crippen molar-refractivity contribution in [1.82, 2.24) is 4.98 Å². The Balaban J connectivity index is 2.45. The Morgan fingerprint density at radius 3 is 2.60 bits per heavy atom. The van der Waals surface area contributed by atoms with Crippen LogP contribution in [-0.2, 0) is 10.7 Å². The van der Waals surface area contributed by atoms with Gasteiger partial charge in [-0.3, -0.25) is 0 Å². The maximum atomic E-state index is 6.10. The summed E-state index contributed by atoms with van der Waals surface area (Å²) in [4.78, 5) is 4.35. The van der Waals surface area contributed by atoms with Crippen molar-refractivity contribution in [1.29, 1.82) is 0 Å². The first-order valence-electron chi connectivity index (χ1n) is 6.70. The third-order valence-corrected chi connectivity index (χ3v) is 3.75. The highest BCUT2D eigenvalue weighted by Crippen LogP contribution is 2.35. The second-order valence-electron chi connectivity index (χ2n) is 5.95. The van der Waals surface area contributed by atoms with E-state index < -0.39 is 0 Å². The molecule has 0 atom stereocenters. The number of benzene rings is 1. The van der Waals surface area contributed by atoms with Crippen molar-refractivity contribution in [3.05, 3.63) is 53.2 Å². The van der Waals surface area contributed by atoms with E-state index in [1.165, 1.54) is 11.1 Å². The summed E-state index contributed by atoms with van der Waals surface area (Å²) in [6.45, 7) is 8.64. The molecule has 20 heavy (non-hydrogen) atoms. The van der Waals surface area contributed by atoms with Crippen LogP contribution in [0.25, 0.3) is 0 Å². The van der Waals surface area contributed by atoms with E-state index in [-0.39, 0.29) is 5.41 Å². The van der Waals surface area contributed by atoms with E-state index in [9.17, 15) is 0 Å². The van der Waals surface area contributed by atoms with Crippen molar-refractivity contribution in [3.8, 4) is 11.6 Å². The van der Waals surface area contributed by atoms with Crippen LogP contribution in [0.3, 0.4) is 0 Å². The van der Waals surface area contributed by atoms with E-state index in [4.69, 9.17) is 4.74 Å². The minimum Gasteiger partial charge on any atom is -0.438 e. The molecule has 0 unspecified atom stereocenters. The zero-order valence-corrected chi connectivity index (χ0v) is 14.0. The molecule has 1 heterocycles. The Bertz CT molecular complexity index is 602. The van der Waals surface area contributed by atoms with Gasteiger partial charge in [0.05, 0.1) is 0 Å². The van der Waals surface area contributed by atoms with Crippen molar-refractivity contribution < 1.29 is 4.74 Å². The molecular weight excluding hydrogens is 314 g/mol. The summed E-state index contributed by atoms with van der Waals surface area (Å²) < 4.78 is 6.10. The third kappa shape index (κ3) is 3.40. The fourth-order valence-corrected chi connectivity index (χ4v) is 2.48. The monoisotopic (exact) mass is 333 g/mol. The Hall–Kier alpha value is -1.35. The molecule has 2 nitrogen and oxygen atoms in total. The van der Waals surface area contributed by atoms with Gasteiger partial charge >= 0.3 is 0 Å². The molecule has 106 valence electrons. The van der Waals surface area contributed by atoms with Gasteiger partial charge < -0.3 is 4.74 Å². The molecule has 0 aliphatic carbocycles. The van der Waals surface area contributed by atoms with E-state index in [0.29, 0.717) is 5.88 Å². The van der Waals surface area contributed by atoms with Crippen LogP contribution in [0.15, 0.2) is 36.5 Å². The van der Waals surface area contributed by atoms with E-state index in [0.717, 1.165) is 16.6 Å². The number of halogens is 1. The van der Waals surface area contributed by atoms with Gasteiger partial charge in [-0.1, -0.05) is 54.9 Å². The molecule has 1 aromatic heterocycles. The first-order valence-corrected chi connectivity index (χ1v) is 7.83. The van der Waals surface area contributed by atoms with Crippen LogP contribution in [0.4, 0.5) is 0 Å². The Kier molecular flexibility index (Phi) is 4.48. The number of alkyl halides is 1. The summed E-state index contributed by atoms with van der Waals surface area (Å²) in [6, 6.07) is 10.3. The Morgan fingerprint density at radius 2 is 1.95 bits per heavy atom. The predicted molar refractivity (Wildman–Crippen MR) is 86.8 cm³/mol. The number of nitrogens with zero attached hydrogens (tertiary/aromatic N) is 1. The highest BCUT2D eigenvalue weighted by Gasteiger charge is 2.20. The van der Waals surface area contributed by atoms with Gasteiger partial charge in [0.2, 0.25) is 5.88 Å². The van der Waals surface area contributed by atoms with Crippen LogP contribution >= 0.6 is 15.9 Å². The standard InChI is InChI=1S/C17H20BrNO/c1-12-7-8-14(17(2,3)4)15(10-12)20-16-13(11-18)6-5-9-19-16/h5-10H,11H2,1-4H3. The lowest BCUT2D eigenvalue weighted by atomic mass is 9.86. The lowest BCUT2D eigenvalue weighted by molar-refractivity contribution is 0.436. The Morgan fingerprint density at radius 1 is 1.20 bits per heavy atom. The van der Waals surface area contributed by atoms with Gasteiger partial charge in [0.1, 0.15) is 5.75 Å². The highest BCUT2D eigenvalue weighted by atomic mass is 79.9. The van der Waals surface area contributed by atoms with Crippen molar-refractivity contribution >= 4 is 15.9 Å². The molecule has 0 N–H and O–H groups in total. The van der Waals surface area contributed by atoms with E-state index in [1.54, 1.807) is 6.20 Å². The fourth-order valence-electron chi connectivity index (χ4n) is 2.06. The van der Waals surface area contributed by atoms with Crippen LogP contribution in [0.1, 0.15) is 37.5 Å². The second kappa shape index (κ2) is 5.96. The van der Waals surface area contributed by atoms with Gasteiger partial charge in [-0.25, -0.2) is 4.98 Å². The molecule has 0 fully saturated rings. The van der Waals surface area contributed by atoms with Crippen LogP contribution in [0.2, 0.25) is 0 Å². The molecule has 3 heteroatoms. The summed E-state index contributed by atoms with van der Waals surface area (Å²) in [7, 11) is 0. The first-order chi connectivity index (χ1) is 9.41. The summed E-state index contributed by atoms with van der Waals surface area (Å²) in [5.74, 6) is 1.55. The molecule has 0 saturated carbocycles. The summed E-state index contributed by atoms with van der Waals surface area (Å²) in [5.41, 5.74) is 3.46. The minimum absolute atomic E-state index is 0.0341. The molecule has 0 bridgehead atoms. The SMILES string of the molecule is Cc1ccc(C(C)(C)C)c(Oc2ncccc2CBr)c1. The molecule has 2 aromatic rings. The highest BCUT2D eigenvalue weighted by molar-refractivity contribution is 9.08. The van der Waals surface area contributed by atoms with Gasteiger partial charge in [0.25, 0.3) is 0 Å². The number of pyridine rings is 1. The van der Waals surface area contributed by atoms with Crippen molar-refractivity contribution in [3.63, 3.8) is 0 Å². The zero-order chi connectivity index (χ0) is 14.8. The number of rotatable bonds is 3. The zero-order valence-electron chi connectivity index (χ0n) is 12.4. The minimum atomic E-state index is 0.0341. The number of aryl methyl sites for hydroxylation is 1. The maximum Gasteiger partial charge on any atom is 0.223 e. The molecule has 0 amide bonds. The molecule has 0 spiro atoms. The molecular formula is C17H20BrNO. The van der Waals surface area contributed by atoms with Gasteiger partial charge in [0.15, 0.2) is 0 Å². The lowest BCUT2D eigenvalue weighted by Gasteiger charge is -2.23. The van der Waals surface area contributed by atoms with Crippen LogP contribution in [0, 0.1) is 6.92 Å². The molecule has 0 saturated heterocycles. The fraction of sp³-hybridized carbons (Fsp3) is 0.353. The van der Waals surface area contributed by atoms with Crippen molar-refractivity contribution in [2.45, 2.75) is 38.4 Å². The van der Waals surface area contributed by atoms with Gasteiger partial charge in [-0.15, -0.1) is 0 Å². The maximum absolute atomic E-state index is 6.10. The van der Waals surface area contributed by atoms with Crippen LogP contribution in [-0.4, -0.2) is 4.98 Å². The van der Waals surface area contributed by atoms with Crippen LogP contribution < -0.4 is 4.74 Å². The molecule has 0 aliphatic heterocycles.